The van der Waals surface area contributed by atoms with E-state index in [2.05, 4.69) is 41.5 Å². The quantitative estimate of drug-likeness (QED) is 0.0478. The molecule has 0 radical (unpaired) electrons. The summed E-state index contributed by atoms with van der Waals surface area (Å²) in [6, 6.07) is 0. The maximum absolute atomic E-state index is 12.8. The van der Waals surface area contributed by atoms with Gasteiger partial charge in [-0.25, -0.2) is 0 Å². The van der Waals surface area contributed by atoms with Crippen molar-refractivity contribution in [3.63, 3.8) is 0 Å². The van der Waals surface area contributed by atoms with E-state index in [9.17, 15) is 4.80 Å². The minimum absolute atomic E-state index is 0.544. The first-order valence-electron chi connectivity index (χ1n) is 28.7. The van der Waals surface area contributed by atoms with E-state index in [-0.39, 0.29) is 0 Å². The van der Waals surface area contributed by atoms with Crippen molar-refractivity contribution in [2.45, 2.75) is 366 Å². The Labute approximate surface area is 377 Å². The Morgan fingerprint density at radius 3 is 0.475 bits per heavy atom. The summed E-state index contributed by atoms with van der Waals surface area (Å²) in [6.07, 6.45) is 68.2. The highest BCUT2D eigenvalue weighted by Gasteiger charge is 2.46. The molecule has 3 atom stereocenters. The van der Waals surface area contributed by atoms with Gasteiger partial charge in [-0.3, -0.25) is 0 Å². The molecule has 2 heteroatoms. The highest BCUT2D eigenvalue weighted by atomic mass is 28.4. The van der Waals surface area contributed by atoms with E-state index in [1.165, 1.54) is 308 Å². The molecule has 59 heavy (non-hydrogen) atoms. The third-order valence-corrected chi connectivity index (χ3v) is 20.7. The zero-order valence-corrected chi connectivity index (χ0v) is 43.6. The van der Waals surface area contributed by atoms with Crippen LogP contribution in [0.1, 0.15) is 350 Å². The number of unbranched alkanes of at least 4 members (excludes halogenated alkanes) is 42. The first kappa shape index (κ1) is 59.2. The van der Waals surface area contributed by atoms with Gasteiger partial charge in [0.05, 0.1) is 0 Å². The molecule has 0 amide bonds. The van der Waals surface area contributed by atoms with E-state index in [0.717, 1.165) is 0 Å². The molecule has 1 N–H and O–H groups in total. The lowest BCUT2D eigenvalue weighted by molar-refractivity contribution is 0.419. The fraction of sp³-hybridized carbons (Fsp3) is 1.00. The molecule has 0 saturated carbocycles. The van der Waals surface area contributed by atoms with Crippen LogP contribution in [0, 0.1) is 0 Å². The molecule has 0 aliphatic carbocycles. The van der Waals surface area contributed by atoms with Gasteiger partial charge in [-0.1, -0.05) is 350 Å². The monoisotopic (exact) mass is 847 g/mol. The molecule has 0 rings (SSSR count). The Kier molecular flexibility index (Phi) is 47.8. The summed E-state index contributed by atoms with van der Waals surface area (Å²) in [5, 5.41) is 0. The van der Waals surface area contributed by atoms with Gasteiger partial charge in [0, 0.05) is 0 Å². The third-order valence-electron chi connectivity index (χ3n) is 15.1. The normalized spacial score (nSPS) is 14.5. The van der Waals surface area contributed by atoms with Crippen LogP contribution < -0.4 is 0 Å². The third kappa shape index (κ3) is 38.4. The van der Waals surface area contributed by atoms with Crippen LogP contribution in [0.15, 0.2) is 0 Å². The Balaban J connectivity index is 4.47. The summed E-state index contributed by atoms with van der Waals surface area (Å²) in [7, 11) is -2.38. The maximum atomic E-state index is 12.8. The SMILES string of the molecule is CCCCCCCCCCCCCCCCCC(C)[Si](O)(C(C)CCCCCCCCCCCCCCCCC)C(C)CCCCCCCCCCCCCCCCC. The van der Waals surface area contributed by atoms with Crippen LogP contribution in [0.3, 0.4) is 0 Å². The zero-order chi connectivity index (χ0) is 43.2. The molecule has 0 fully saturated rings. The van der Waals surface area contributed by atoms with Crippen LogP contribution >= 0.6 is 0 Å². The second-order valence-electron chi connectivity index (χ2n) is 20.8. The van der Waals surface area contributed by atoms with Crippen molar-refractivity contribution in [2.24, 2.45) is 0 Å². The van der Waals surface area contributed by atoms with Gasteiger partial charge in [-0.2, -0.15) is 0 Å². The predicted molar refractivity (Wildman–Crippen MR) is 275 cm³/mol. The van der Waals surface area contributed by atoms with Gasteiger partial charge in [0.2, 0.25) is 0 Å². The molecule has 0 heterocycles. The lowest BCUT2D eigenvalue weighted by Gasteiger charge is -2.42. The summed E-state index contributed by atoms with van der Waals surface area (Å²) in [5.41, 5.74) is 1.63. The van der Waals surface area contributed by atoms with Crippen LogP contribution in [0.25, 0.3) is 0 Å². The summed E-state index contributed by atoms with van der Waals surface area (Å²) in [4.78, 5) is 12.8. The van der Waals surface area contributed by atoms with Gasteiger partial charge in [-0.05, 0) is 16.6 Å². The average Bonchev–Trinajstić information content (AvgIpc) is 3.24. The topological polar surface area (TPSA) is 20.2 Å². The van der Waals surface area contributed by atoms with Crippen LogP contribution in [-0.2, 0) is 0 Å². The molecule has 0 aromatic heterocycles. The van der Waals surface area contributed by atoms with Crippen LogP contribution in [-0.4, -0.2) is 13.1 Å². The Morgan fingerprint density at radius 2 is 0.339 bits per heavy atom. The van der Waals surface area contributed by atoms with E-state index < -0.39 is 8.32 Å². The van der Waals surface area contributed by atoms with E-state index in [1.807, 2.05) is 0 Å². The number of hydrogen-bond donors (Lipinski definition) is 1. The van der Waals surface area contributed by atoms with Gasteiger partial charge in [0.25, 0.3) is 0 Å². The lowest BCUT2D eigenvalue weighted by Crippen LogP contribution is -2.47. The van der Waals surface area contributed by atoms with E-state index >= 15 is 0 Å². The summed E-state index contributed by atoms with van der Waals surface area (Å²) >= 11 is 0. The molecule has 3 unspecified atom stereocenters. The summed E-state index contributed by atoms with van der Waals surface area (Å²) in [5.74, 6) is 0. The van der Waals surface area contributed by atoms with Crippen molar-refractivity contribution < 1.29 is 4.80 Å². The van der Waals surface area contributed by atoms with Gasteiger partial charge in [0.1, 0.15) is 0 Å². The maximum Gasteiger partial charge on any atom is 0.196 e. The lowest BCUT2D eigenvalue weighted by atomic mass is 10.0. The van der Waals surface area contributed by atoms with Crippen molar-refractivity contribution in [3.05, 3.63) is 0 Å². The Bertz CT molecular complexity index is 668. The molecule has 0 aromatic carbocycles. The van der Waals surface area contributed by atoms with Gasteiger partial charge in [-0.15, -0.1) is 0 Å². The average molecular weight is 848 g/mol. The van der Waals surface area contributed by atoms with Gasteiger partial charge >= 0.3 is 0 Å². The van der Waals surface area contributed by atoms with Crippen molar-refractivity contribution in [3.8, 4) is 0 Å². The predicted octanol–water partition coefficient (Wildman–Crippen LogP) is 21.9. The minimum Gasteiger partial charge on any atom is -0.431 e. The van der Waals surface area contributed by atoms with Crippen molar-refractivity contribution in [1.29, 1.82) is 0 Å². The first-order chi connectivity index (χ1) is 28.9. The van der Waals surface area contributed by atoms with Crippen molar-refractivity contribution in [1.82, 2.24) is 0 Å². The molecular weight excluding hydrogens is 729 g/mol. The standard InChI is InChI=1S/C57H118OSi/c1-7-10-13-16-19-22-25-28-31-34-37-40-43-46-49-52-55(4)59(58,56(5)53-50-47-44-41-38-35-32-29-26-23-20-17-14-11-8-2)57(6)54-51-48-45-42-39-36-33-30-27-24-21-18-15-12-9-3/h55-58H,7-54H2,1-6H3. The zero-order valence-electron chi connectivity index (χ0n) is 42.6. The van der Waals surface area contributed by atoms with Crippen molar-refractivity contribution in [2.75, 3.05) is 0 Å². The Hall–Kier alpha value is 0.177. The fourth-order valence-electron chi connectivity index (χ4n) is 10.6. The summed E-state index contributed by atoms with van der Waals surface area (Å²) in [6.45, 7) is 14.4. The number of hydrogen-bond acceptors (Lipinski definition) is 1. The molecule has 0 aromatic rings. The second kappa shape index (κ2) is 47.7. The van der Waals surface area contributed by atoms with Gasteiger partial charge in [0.15, 0.2) is 8.32 Å². The molecule has 0 aliphatic rings. The van der Waals surface area contributed by atoms with E-state index in [0.29, 0.717) is 16.6 Å². The van der Waals surface area contributed by atoms with Gasteiger partial charge < -0.3 is 4.80 Å². The highest BCUT2D eigenvalue weighted by Crippen LogP contribution is 2.46. The van der Waals surface area contributed by atoms with Crippen LogP contribution in [0.2, 0.25) is 16.6 Å². The fourth-order valence-corrected chi connectivity index (χ4v) is 15.5. The molecule has 0 spiro atoms. The molecular formula is C57H118OSi. The van der Waals surface area contributed by atoms with Crippen LogP contribution in [0.4, 0.5) is 0 Å². The molecule has 1 nitrogen and oxygen atoms in total. The molecule has 0 bridgehead atoms. The highest BCUT2D eigenvalue weighted by molar-refractivity contribution is 6.76. The summed E-state index contributed by atoms with van der Waals surface area (Å²) < 4.78 is 0. The first-order valence-corrected chi connectivity index (χ1v) is 30.8. The number of rotatable bonds is 51. The molecule has 0 saturated heterocycles. The second-order valence-corrected chi connectivity index (χ2v) is 25.5. The van der Waals surface area contributed by atoms with E-state index in [1.54, 1.807) is 0 Å². The smallest absolute Gasteiger partial charge is 0.196 e. The van der Waals surface area contributed by atoms with Crippen molar-refractivity contribution >= 4 is 8.32 Å². The molecule has 0 aliphatic heterocycles. The minimum atomic E-state index is -2.38. The largest absolute Gasteiger partial charge is 0.431 e. The van der Waals surface area contributed by atoms with E-state index in [4.69, 9.17) is 0 Å². The van der Waals surface area contributed by atoms with Crippen LogP contribution in [0.5, 0.6) is 0 Å². The Morgan fingerprint density at radius 1 is 0.220 bits per heavy atom. The molecule has 356 valence electrons.